The predicted molar refractivity (Wildman–Crippen MR) is 219 cm³/mol. The van der Waals surface area contributed by atoms with E-state index in [-0.39, 0.29) is 24.0 Å². The molecule has 0 aromatic carbocycles. The smallest absolute Gasteiger partial charge is 0.469 e. The maximum absolute atomic E-state index is 13.4. The van der Waals surface area contributed by atoms with Crippen LogP contribution in [0.2, 0.25) is 0 Å². The van der Waals surface area contributed by atoms with E-state index < -0.39 is 56.8 Å². The van der Waals surface area contributed by atoms with E-state index in [1.165, 1.54) is 100 Å². The van der Waals surface area contributed by atoms with E-state index in [2.05, 4.69) is 28.1 Å². The zero-order valence-corrected chi connectivity index (χ0v) is 35.7. The van der Waals surface area contributed by atoms with Gasteiger partial charge < -0.3 is 34.3 Å². The van der Waals surface area contributed by atoms with Crippen molar-refractivity contribution in [1.82, 2.24) is 19.6 Å². The monoisotopic (exact) mass is 839 g/mol. The van der Waals surface area contributed by atoms with E-state index in [0.717, 1.165) is 19.3 Å². The molecule has 0 aliphatic carbocycles. The van der Waals surface area contributed by atoms with Gasteiger partial charge in [-0.05, 0) is 38.5 Å². The number of aromatic nitrogens is 4. The van der Waals surface area contributed by atoms with Crippen molar-refractivity contribution in [3.63, 3.8) is 0 Å². The number of hydrogen-bond acceptors (Lipinski definition) is 14. The molecule has 17 heteroatoms. The van der Waals surface area contributed by atoms with Crippen molar-refractivity contribution >= 4 is 19.2 Å². The first kappa shape index (κ1) is 46.4. The second-order valence-corrected chi connectivity index (χ2v) is 17.3. The lowest BCUT2D eigenvalue weighted by atomic mass is 9.96. The van der Waals surface area contributed by atoms with Gasteiger partial charge in [-0.2, -0.15) is 15.6 Å². The molecule has 3 N–H and O–H groups in total. The summed E-state index contributed by atoms with van der Waals surface area (Å²) in [7, 11) is -4.83. The molecule has 3 aromatic rings. The highest BCUT2D eigenvalue weighted by atomic mass is 31.2. The molecule has 6 atom stereocenters. The second-order valence-electron chi connectivity index (χ2n) is 15.9. The van der Waals surface area contributed by atoms with Crippen LogP contribution in [0.1, 0.15) is 141 Å². The molecule has 5 heterocycles. The maximum atomic E-state index is 13.4. The molecule has 0 amide bonds. The van der Waals surface area contributed by atoms with Crippen LogP contribution in [0.4, 0.5) is 5.82 Å². The van der Waals surface area contributed by atoms with Gasteiger partial charge in [-0.1, -0.05) is 109 Å². The molecule has 2 aliphatic heterocycles. The van der Waals surface area contributed by atoms with Gasteiger partial charge in [0.25, 0.3) is 0 Å². The van der Waals surface area contributed by atoms with Gasteiger partial charge in [-0.25, -0.2) is 19.0 Å². The zero-order chi connectivity index (χ0) is 42.1. The number of nitrogen functional groups attached to an aromatic ring is 1. The van der Waals surface area contributed by atoms with Gasteiger partial charge in [0.15, 0.2) is 11.6 Å². The van der Waals surface area contributed by atoms with Crippen LogP contribution >= 0.6 is 7.82 Å². The number of rotatable bonds is 28. The van der Waals surface area contributed by atoms with Crippen LogP contribution in [-0.2, 0) is 32.6 Å². The number of nitriles is 2. The van der Waals surface area contributed by atoms with Crippen molar-refractivity contribution in [3.8, 4) is 18.0 Å². The van der Waals surface area contributed by atoms with E-state index in [0.29, 0.717) is 17.8 Å². The van der Waals surface area contributed by atoms with E-state index >= 15 is 0 Å². The van der Waals surface area contributed by atoms with Crippen LogP contribution in [0.25, 0.3) is 5.52 Å². The topological polar surface area (TPSA) is 219 Å². The normalized spacial score (nSPS) is 22.4. The fourth-order valence-electron chi connectivity index (χ4n) is 7.58. The van der Waals surface area contributed by atoms with E-state index in [9.17, 15) is 20.0 Å². The van der Waals surface area contributed by atoms with Crippen LogP contribution in [0.15, 0.2) is 36.7 Å². The summed E-state index contributed by atoms with van der Waals surface area (Å²) in [5.74, 6) is -0.726. The Morgan fingerprint density at radius 1 is 0.898 bits per heavy atom. The number of nitrogens with two attached hydrogens (primary N) is 1. The van der Waals surface area contributed by atoms with Crippen molar-refractivity contribution < 1.29 is 42.2 Å². The number of fused-ring (bicyclic) bond motifs is 2. The Morgan fingerprint density at radius 2 is 1.56 bits per heavy atom. The summed E-state index contributed by atoms with van der Waals surface area (Å²) >= 11 is 0. The van der Waals surface area contributed by atoms with E-state index in [1.807, 2.05) is 6.07 Å². The first-order valence-electron chi connectivity index (χ1n) is 21.3. The Morgan fingerprint density at radius 3 is 2.20 bits per heavy atom. The average molecular weight is 840 g/mol. The largest absolute Gasteiger partial charge is 0.472 e. The molecule has 2 aliphatic rings. The van der Waals surface area contributed by atoms with Gasteiger partial charge in [0.05, 0.1) is 18.9 Å². The standard InChI is InChI=1S/C42H62N7O9P/c1-4-5-6-7-8-9-10-11-12-13-14-15-16-17-18-19-25-52-27-33(55-36-22-20-21-32(26-43)48-36)28-53-59(50,51)54-30-42(29-44)39-38(56-41(2,3)58-39)37(57-42)34-23-24-35-40(45)46-31-47-49(34)35/h20-24,31,33,37-39H,4-19,25,27-28,30H2,1-3H3,(H,50,51)(H2,45,46,47)/t33-,37+,38+,39+,42-/m1/s1. The SMILES string of the molecule is CCCCCCCCCCCCCCCCCCOC[C@H](COP(=O)(O)OC[C@@]1(C#N)O[C@@H](c2ccc3c(N)ncnn23)[C@@H]2OC(C)(C)O[C@@H]21)Oc1cccc(C#N)n1. The Kier molecular flexibility index (Phi) is 17.9. The third kappa shape index (κ3) is 13.7. The zero-order valence-electron chi connectivity index (χ0n) is 34.8. The first-order valence-corrected chi connectivity index (χ1v) is 22.8. The minimum Gasteiger partial charge on any atom is -0.469 e. The van der Waals surface area contributed by atoms with Crippen molar-refractivity contribution in [2.45, 2.75) is 159 Å². The van der Waals surface area contributed by atoms with Crippen LogP contribution in [0.5, 0.6) is 5.88 Å². The molecule has 0 radical (unpaired) electrons. The number of pyridine rings is 1. The highest BCUT2D eigenvalue weighted by Crippen LogP contribution is 2.52. The minimum absolute atomic E-state index is 0.0213. The third-order valence-corrected chi connectivity index (χ3v) is 11.6. The highest BCUT2D eigenvalue weighted by Gasteiger charge is 2.65. The van der Waals surface area contributed by atoms with Crippen LogP contribution in [0, 0.1) is 22.7 Å². The quantitative estimate of drug-likeness (QED) is 0.0519. The lowest BCUT2D eigenvalue weighted by molar-refractivity contribution is -0.204. The molecule has 3 aromatic heterocycles. The summed E-state index contributed by atoms with van der Waals surface area (Å²) in [6, 6.07) is 12.3. The fraction of sp³-hybridized carbons (Fsp3) is 0.690. The number of phosphoric acid groups is 1. The lowest BCUT2D eigenvalue weighted by Gasteiger charge is -2.29. The molecule has 0 saturated carbocycles. The van der Waals surface area contributed by atoms with Gasteiger partial charge in [-0.15, -0.1) is 0 Å². The van der Waals surface area contributed by atoms with Gasteiger partial charge >= 0.3 is 7.82 Å². The lowest BCUT2D eigenvalue weighted by Crippen LogP contribution is -2.45. The average Bonchev–Trinajstić information content (AvgIpc) is 3.89. The number of anilines is 1. The summed E-state index contributed by atoms with van der Waals surface area (Å²) in [5, 5.41) is 24.1. The van der Waals surface area contributed by atoms with Crippen LogP contribution < -0.4 is 10.5 Å². The summed E-state index contributed by atoms with van der Waals surface area (Å²) in [6.45, 7) is 5.03. The Balaban J connectivity index is 1.07. The molecule has 1 unspecified atom stereocenters. The van der Waals surface area contributed by atoms with Crippen molar-refractivity contribution in [3.05, 3.63) is 48.0 Å². The Labute approximate surface area is 348 Å². The predicted octanol–water partition coefficient (Wildman–Crippen LogP) is 8.29. The molecular weight excluding hydrogens is 777 g/mol. The summed E-state index contributed by atoms with van der Waals surface area (Å²) in [4.78, 5) is 19.0. The second kappa shape index (κ2) is 22.8. The molecule has 324 valence electrons. The molecule has 5 rings (SSSR count). The highest BCUT2D eigenvalue weighted by molar-refractivity contribution is 7.47. The summed E-state index contributed by atoms with van der Waals surface area (Å²) < 4.78 is 56.2. The van der Waals surface area contributed by atoms with Crippen LogP contribution in [-0.4, -0.2) is 80.6 Å². The molecule has 0 spiro atoms. The molecule has 16 nitrogen and oxygen atoms in total. The molecule has 2 saturated heterocycles. The number of hydrogen-bond donors (Lipinski definition) is 2. The van der Waals surface area contributed by atoms with Gasteiger partial charge in [0, 0.05) is 12.7 Å². The van der Waals surface area contributed by atoms with E-state index in [1.54, 1.807) is 38.1 Å². The summed E-state index contributed by atoms with van der Waals surface area (Å²) in [5.41, 5.74) is 5.36. The van der Waals surface area contributed by atoms with Gasteiger partial charge in [0.2, 0.25) is 11.5 Å². The summed E-state index contributed by atoms with van der Waals surface area (Å²) in [6.07, 6.45) is 18.1. The minimum atomic E-state index is -4.83. The Hall–Kier alpha value is -3.70. The maximum Gasteiger partial charge on any atom is 0.472 e. The number of nitrogens with zero attached hydrogens (tertiary/aromatic N) is 6. The van der Waals surface area contributed by atoms with Crippen molar-refractivity contribution in [2.75, 3.05) is 32.2 Å². The number of phosphoric ester groups is 1. The Bertz CT molecular complexity index is 1880. The third-order valence-electron chi connectivity index (χ3n) is 10.7. The first-order chi connectivity index (χ1) is 28.5. The van der Waals surface area contributed by atoms with Gasteiger partial charge in [0.1, 0.15) is 60.7 Å². The molecule has 59 heavy (non-hydrogen) atoms. The van der Waals surface area contributed by atoms with E-state index in [4.69, 9.17) is 38.5 Å². The molecule has 2 fully saturated rings. The van der Waals surface area contributed by atoms with Crippen molar-refractivity contribution in [1.29, 1.82) is 10.5 Å². The molecular formula is C42H62N7O9P. The van der Waals surface area contributed by atoms with Crippen molar-refractivity contribution in [2.24, 2.45) is 0 Å². The molecule has 0 bridgehead atoms. The van der Waals surface area contributed by atoms with Crippen LogP contribution in [0.3, 0.4) is 0 Å². The van der Waals surface area contributed by atoms with Gasteiger partial charge in [-0.3, -0.25) is 9.05 Å². The number of unbranched alkanes of at least 4 members (excludes halogenated alkanes) is 15. The number of ether oxygens (including phenoxy) is 5. The fourth-order valence-corrected chi connectivity index (χ4v) is 8.36.